The quantitative estimate of drug-likeness (QED) is 0.630. The van der Waals surface area contributed by atoms with E-state index in [1.807, 2.05) is 0 Å². The first-order valence-electron chi connectivity index (χ1n) is 5.51. The number of carbonyl (C=O) groups is 1. The minimum Gasteiger partial charge on any atom is -0.327 e. The summed E-state index contributed by atoms with van der Waals surface area (Å²) >= 11 is 1.20. The lowest BCUT2D eigenvalue weighted by Gasteiger charge is -1.98. The fraction of sp³-hybridized carbons (Fsp3) is 0.0909. The van der Waals surface area contributed by atoms with Crippen molar-refractivity contribution < 1.29 is 14.6 Å². The fourth-order valence-corrected chi connectivity index (χ4v) is 2.24. The summed E-state index contributed by atoms with van der Waals surface area (Å²) < 4.78 is 1.59. The molecule has 0 atom stereocenters. The molecule has 0 saturated heterocycles. The summed E-state index contributed by atoms with van der Waals surface area (Å²) in [5, 5.41) is 23.2. The van der Waals surface area contributed by atoms with Gasteiger partial charge in [-0.05, 0) is 0 Å². The van der Waals surface area contributed by atoms with Gasteiger partial charge in [0.2, 0.25) is 0 Å². The first kappa shape index (κ1) is 14.5. The summed E-state index contributed by atoms with van der Waals surface area (Å²) in [5.74, 6) is -0.778. The normalized spacial score (nSPS) is 11.4. The van der Waals surface area contributed by atoms with Gasteiger partial charge in [-0.1, -0.05) is 0 Å². The maximum Gasteiger partial charge on any atom is 0.280 e. The summed E-state index contributed by atoms with van der Waals surface area (Å²) in [6, 6.07) is 2.72. The van der Waals surface area contributed by atoms with Crippen LogP contribution in [0.25, 0.3) is 0 Å². The molecule has 0 aliphatic heterocycles. The number of aromatic nitrogens is 1. The van der Waals surface area contributed by atoms with Gasteiger partial charge >= 0.3 is 0 Å². The molecule has 1 aromatic heterocycles. The maximum absolute atomic E-state index is 12.0. The highest BCUT2D eigenvalue weighted by atomic mass is 32.1. The van der Waals surface area contributed by atoms with Gasteiger partial charge in [0.05, 0.1) is 21.5 Å². The molecule has 1 amide bonds. The molecular weight excluding hydrogens is 300 g/mol. The second-order valence-electron chi connectivity index (χ2n) is 3.97. The minimum atomic E-state index is -0.797. The van der Waals surface area contributed by atoms with E-state index in [-0.39, 0.29) is 5.56 Å². The minimum absolute atomic E-state index is 0.204. The monoisotopic (exact) mass is 308 g/mol. The van der Waals surface area contributed by atoms with E-state index >= 15 is 0 Å². The van der Waals surface area contributed by atoms with Crippen LogP contribution in [0.3, 0.4) is 0 Å². The molecule has 9 nitrogen and oxygen atoms in total. The highest BCUT2D eigenvalue weighted by Gasteiger charge is 2.19. The molecule has 0 radical (unpaired) electrons. The second kappa shape index (κ2) is 5.63. The number of hydrogen-bond acceptors (Lipinski definition) is 6. The van der Waals surface area contributed by atoms with Crippen molar-refractivity contribution in [3.63, 3.8) is 0 Å². The number of nitro benzene ring substituents is 2. The Morgan fingerprint density at radius 3 is 2.19 bits per heavy atom. The maximum atomic E-state index is 12.0. The molecule has 0 saturated carbocycles. The van der Waals surface area contributed by atoms with E-state index in [0.717, 1.165) is 18.2 Å². The van der Waals surface area contributed by atoms with E-state index in [9.17, 15) is 25.0 Å². The Morgan fingerprint density at radius 1 is 1.19 bits per heavy atom. The van der Waals surface area contributed by atoms with Gasteiger partial charge in [0.15, 0.2) is 4.80 Å². The molecule has 21 heavy (non-hydrogen) atoms. The Bertz CT molecular complexity index is 775. The molecule has 0 unspecified atom stereocenters. The number of amides is 1. The first-order chi connectivity index (χ1) is 9.88. The van der Waals surface area contributed by atoms with Crippen LogP contribution in [0.15, 0.2) is 34.8 Å². The average Bonchev–Trinajstić information content (AvgIpc) is 2.83. The van der Waals surface area contributed by atoms with E-state index in [2.05, 4.69) is 4.99 Å². The van der Waals surface area contributed by atoms with Crippen molar-refractivity contribution in [1.29, 1.82) is 0 Å². The van der Waals surface area contributed by atoms with Crippen LogP contribution < -0.4 is 4.80 Å². The first-order valence-corrected chi connectivity index (χ1v) is 6.39. The van der Waals surface area contributed by atoms with E-state index in [0.29, 0.717) is 4.80 Å². The molecule has 0 bridgehead atoms. The fourth-order valence-electron chi connectivity index (χ4n) is 1.52. The average molecular weight is 308 g/mol. The lowest BCUT2D eigenvalue weighted by molar-refractivity contribution is -0.394. The Kier molecular flexibility index (Phi) is 3.89. The van der Waals surface area contributed by atoms with Gasteiger partial charge in [-0.2, -0.15) is 4.99 Å². The van der Waals surface area contributed by atoms with Crippen molar-refractivity contribution in [2.75, 3.05) is 0 Å². The molecular formula is C11H8N4O5S. The van der Waals surface area contributed by atoms with Gasteiger partial charge in [-0.3, -0.25) is 25.0 Å². The Balaban J connectivity index is 2.53. The second-order valence-corrected chi connectivity index (χ2v) is 4.84. The van der Waals surface area contributed by atoms with Crippen molar-refractivity contribution in [1.82, 2.24) is 4.57 Å². The molecule has 1 heterocycles. The van der Waals surface area contributed by atoms with Crippen molar-refractivity contribution in [3.05, 3.63) is 60.4 Å². The smallest absolute Gasteiger partial charge is 0.280 e. The van der Waals surface area contributed by atoms with E-state index < -0.39 is 27.1 Å². The van der Waals surface area contributed by atoms with Gasteiger partial charge < -0.3 is 4.57 Å². The topological polar surface area (TPSA) is 121 Å². The SMILES string of the molecule is Cn1ccsc1=NC(=O)c1cc([N+](=O)[O-])cc([N+](=O)[O-])c1. The van der Waals surface area contributed by atoms with E-state index in [4.69, 9.17) is 0 Å². The lowest BCUT2D eigenvalue weighted by atomic mass is 10.1. The highest BCUT2D eigenvalue weighted by Crippen LogP contribution is 2.23. The predicted octanol–water partition coefficient (Wildman–Crippen LogP) is 1.64. The zero-order chi connectivity index (χ0) is 15.6. The molecule has 2 rings (SSSR count). The Hall–Kier alpha value is -2.88. The van der Waals surface area contributed by atoms with Gasteiger partial charge in [0.1, 0.15) is 0 Å². The molecule has 0 spiro atoms. The molecule has 0 N–H and O–H groups in total. The van der Waals surface area contributed by atoms with E-state index in [1.165, 1.54) is 11.3 Å². The number of nitrogens with zero attached hydrogens (tertiary/aromatic N) is 4. The number of aryl methyl sites for hydroxylation is 1. The van der Waals surface area contributed by atoms with E-state index in [1.54, 1.807) is 23.2 Å². The van der Waals surface area contributed by atoms with Crippen molar-refractivity contribution in [2.24, 2.45) is 12.0 Å². The number of rotatable bonds is 3. The van der Waals surface area contributed by atoms with Crippen LogP contribution in [0.5, 0.6) is 0 Å². The lowest BCUT2D eigenvalue weighted by Crippen LogP contribution is -2.12. The van der Waals surface area contributed by atoms with Crippen LogP contribution in [-0.4, -0.2) is 20.3 Å². The third kappa shape index (κ3) is 3.17. The van der Waals surface area contributed by atoms with Gasteiger partial charge in [-0.25, -0.2) is 0 Å². The summed E-state index contributed by atoms with van der Waals surface area (Å²) in [6.07, 6.45) is 1.69. The number of carbonyl (C=O) groups excluding carboxylic acids is 1. The standard InChI is InChI=1S/C11H8N4O5S/c1-13-2-3-21-11(13)12-10(16)7-4-8(14(17)18)6-9(5-7)15(19)20/h2-6H,1H3. The van der Waals surface area contributed by atoms with Crippen LogP contribution in [-0.2, 0) is 7.05 Å². The molecule has 0 aliphatic rings. The predicted molar refractivity (Wildman–Crippen MR) is 72.9 cm³/mol. The zero-order valence-electron chi connectivity index (χ0n) is 10.6. The van der Waals surface area contributed by atoms with Crippen molar-refractivity contribution in [3.8, 4) is 0 Å². The molecule has 108 valence electrons. The highest BCUT2D eigenvalue weighted by molar-refractivity contribution is 7.07. The summed E-state index contributed by atoms with van der Waals surface area (Å²) in [7, 11) is 1.68. The molecule has 1 aromatic carbocycles. The molecule has 2 aromatic rings. The summed E-state index contributed by atoms with van der Waals surface area (Å²) in [4.78, 5) is 36.1. The molecule has 10 heteroatoms. The van der Waals surface area contributed by atoms with Gasteiger partial charge in [0.25, 0.3) is 17.3 Å². The zero-order valence-corrected chi connectivity index (χ0v) is 11.4. The summed E-state index contributed by atoms with van der Waals surface area (Å²) in [5.41, 5.74) is -1.26. The number of non-ortho nitro benzene ring substituents is 2. The Morgan fingerprint density at radius 2 is 1.76 bits per heavy atom. The third-order valence-corrected chi connectivity index (χ3v) is 3.38. The number of hydrogen-bond donors (Lipinski definition) is 0. The Labute approximate surface area is 121 Å². The number of nitro groups is 2. The van der Waals surface area contributed by atoms with Crippen LogP contribution >= 0.6 is 11.3 Å². The van der Waals surface area contributed by atoms with Crippen molar-refractivity contribution >= 4 is 28.6 Å². The van der Waals surface area contributed by atoms with Crippen LogP contribution in [0.4, 0.5) is 11.4 Å². The largest absolute Gasteiger partial charge is 0.327 e. The van der Waals surface area contributed by atoms with Crippen molar-refractivity contribution in [2.45, 2.75) is 0 Å². The summed E-state index contributed by atoms with van der Waals surface area (Å²) in [6.45, 7) is 0. The molecule has 0 aliphatic carbocycles. The number of thiazole rings is 1. The third-order valence-electron chi connectivity index (χ3n) is 2.53. The van der Waals surface area contributed by atoms with Crippen LogP contribution in [0.1, 0.15) is 10.4 Å². The van der Waals surface area contributed by atoms with Gasteiger partial charge in [0, 0.05) is 30.8 Å². The van der Waals surface area contributed by atoms with Crippen LogP contribution in [0.2, 0.25) is 0 Å². The van der Waals surface area contributed by atoms with Gasteiger partial charge in [-0.15, -0.1) is 11.3 Å². The van der Waals surface area contributed by atoms with Crippen LogP contribution in [0, 0.1) is 20.2 Å². The number of benzene rings is 1. The molecule has 0 fully saturated rings.